The Morgan fingerprint density at radius 2 is 2.33 bits per heavy atom. The summed E-state index contributed by atoms with van der Waals surface area (Å²) < 4.78 is 0.799. The highest BCUT2D eigenvalue weighted by Crippen LogP contribution is 2.32. The van der Waals surface area contributed by atoms with Gasteiger partial charge in [-0.25, -0.2) is 0 Å². The molecule has 0 radical (unpaired) electrons. The zero-order valence-electron chi connectivity index (χ0n) is 13.6. The van der Waals surface area contributed by atoms with Crippen LogP contribution in [0.1, 0.15) is 18.9 Å². The molecule has 0 spiro atoms. The van der Waals surface area contributed by atoms with Gasteiger partial charge in [-0.15, -0.1) is 16.8 Å². The number of aryl methyl sites for hydroxylation is 1. The molecule has 5 nitrogen and oxygen atoms in total. The second-order valence-electron chi connectivity index (χ2n) is 5.61. The predicted octanol–water partition coefficient (Wildman–Crippen LogP) is 3.60. The summed E-state index contributed by atoms with van der Waals surface area (Å²) in [4.78, 5) is 14.7. The Kier molecular flexibility index (Phi) is 5.52. The Morgan fingerprint density at radius 1 is 1.50 bits per heavy atom. The van der Waals surface area contributed by atoms with Gasteiger partial charge in [-0.2, -0.15) is 0 Å². The van der Waals surface area contributed by atoms with Crippen molar-refractivity contribution in [2.45, 2.75) is 30.1 Å². The summed E-state index contributed by atoms with van der Waals surface area (Å²) in [6.45, 7) is 6.42. The number of rotatable bonds is 6. The minimum absolute atomic E-state index is 0.121. The summed E-state index contributed by atoms with van der Waals surface area (Å²) in [6, 6.07) is 8.40. The number of aromatic nitrogens is 2. The van der Waals surface area contributed by atoms with Crippen molar-refractivity contribution in [3.05, 3.63) is 42.5 Å². The highest BCUT2D eigenvalue weighted by atomic mass is 32.2. The molecule has 2 heterocycles. The quantitative estimate of drug-likeness (QED) is 0.630. The van der Waals surface area contributed by atoms with Crippen molar-refractivity contribution < 1.29 is 4.79 Å². The smallest absolute Gasteiger partial charge is 0.237 e. The van der Waals surface area contributed by atoms with Gasteiger partial charge in [0, 0.05) is 18.3 Å². The first-order valence-corrected chi connectivity index (χ1v) is 9.70. The molecule has 1 atom stereocenters. The number of amides is 1. The maximum atomic E-state index is 12.8. The molecule has 1 aliphatic rings. The van der Waals surface area contributed by atoms with Crippen molar-refractivity contribution in [3.8, 4) is 0 Å². The molecule has 0 saturated carbocycles. The number of fused-ring (bicyclic) bond motifs is 1. The van der Waals surface area contributed by atoms with E-state index in [4.69, 9.17) is 0 Å². The highest BCUT2D eigenvalue weighted by molar-refractivity contribution is 8.01. The molecule has 7 heteroatoms. The molecule has 1 N–H and O–H groups in total. The van der Waals surface area contributed by atoms with Gasteiger partial charge in [0.2, 0.25) is 11.0 Å². The molecular formula is C17H20N4OS2. The first-order chi connectivity index (χ1) is 11.7. The molecule has 1 aliphatic heterocycles. The van der Waals surface area contributed by atoms with Gasteiger partial charge in [0.15, 0.2) is 4.34 Å². The van der Waals surface area contributed by atoms with Crippen LogP contribution in [-0.2, 0) is 11.2 Å². The fourth-order valence-corrected chi connectivity index (χ4v) is 4.38. The molecule has 0 saturated heterocycles. The van der Waals surface area contributed by atoms with E-state index in [1.807, 2.05) is 23.1 Å². The van der Waals surface area contributed by atoms with Crippen LogP contribution in [0, 0.1) is 0 Å². The molecule has 1 amide bonds. The van der Waals surface area contributed by atoms with Crippen molar-refractivity contribution in [1.29, 1.82) is 0 Å². The first kappa shape index (κ1) is 17.0. The largest absolute Gasteiger partial charge is 0.357 e. The maximum absolute atomic E-state index is 12.8. The summed E-state index contributed by atoms with van der Waals surface area (Å²) in [6.07, 6.45) is 3.80. The zero-order valence-corrected chi connectivity index (χ0v) is 15.2. The van der Waals surface area contributed by atoms with E-state index in [-0.39, 0.29) is 11.9 Å². The SMILES string of the molecule is C=CCNc1nnc(SCC(=O)N2c3ccccc3CC[C@@H]2C)s1. The van der Waals surface area contributed by atoms with Crippen molar-refractivity contribution in [1.82, 2.24) is 10.2 Å². The third-order valence-electron chi connectivity index (χ3n) is 3.92. The van der Waals surface area contributed by atoms with Crippen LogP contribution >= 0.6 is 23.1 Å². The van der Waals surface area contributed by atoms with Gasteiger partial charge in [-0.3, -0.25) is 4.79 Å². The highest BCUT2D eigenvalue weighted by Gasteiger charge is 2.27. The van der Waals surface area contributed by atoms with Crippen molar-refractivity contribution in [3.63, 3.8) is 0 Å². The average Bonchev–Trinajstić information content (AvgIpc) is 3.05. The van der Waals surface area contributed by atoms with Crippen LogP contribution in [0.2, 0.25) is 0 Å². The standard InChI is InChI=1S/C17H20N4OS2/c1-3-10-18-16-19-20-17(24-16)23-11-15(22)21-12(2)8-9-13-6-4-5-7-14(13)21/h3-7,12H,1,8-11H2,2H3,(H,18,19)/t12-/m0/s1. The van der Waals surface area contributed by atoms with E-state index < -0.39 is 0 Å². The number of thioether (sulfide) groups is 1. The van der Waals surface area contributed by atoms with Gasteiger partial charge < -0.3 is 10.2 Å². The van der Waals surface area contributed by atoms with Crippen LogP contribution in [-0.4, -0.2) is 34.4 Å². The summed E-state index contributed by atoms with van der Waals surface area (Å²) in [5, 5.41) is 12.0. The number of carbonyl (C=O) groups is 1. The number of nitrogens with zero attached hydrogens (tertiary/aromatic N) is 3. The van der Waals surface area contributed by atoms with E-state index in [1.165, 1.54) is 28.7 Å². The minimum Gasteiger partial charge on any atom is -0.357 e. The van der Waals surface area contributed by atoms with Gasteiger partial charge in [-0.05, 0) is 31.4 Å². The van der Waals surface area contributed by atoms with E-state index in [9.17, 15) is 4.79 Å². The molecule has 24 heavy (non-hydrogen) atoms. The van der Waals surface area contributed by atoms with Crippen molar-refractivity contribution in [2.24, 2.45) is 0 Å². The molecule has 0 unspecified atom stereocenters. The van der Waals surface area contributed by atoms with Gasteiger partial charge >= 0.3 is 0 Å². The molecule has 3 rings (SSSR count). The second-order valence-corrected chi connectivity index (χ2v) is 7.81. The van der Waals surface area contributed by atoms with Crippen LogP contribution in [0.25, 0.3) is 0 Å². The fourth-order valence-electron chi connectivity index (χ4n) is 2.76. The Morgan fingerprint density at radius 3 is 3.17 bits per heavy atom. The number of nitrogens with one attached hydrogen (secondary N) is 1. The minimum atomic E-state index is 0.121. The lowest BCUT2D eigenvalue weighted by Crippen LogP contribution is -2.43. The third kappa shape index (κ3) is 3.79. The van der Waals surface area contributed by atoms with Gasteiger partial charge in [-0.1, -0.05) is 47.4 Å². The van der Waals surface area contributed by atoms with Gasteiger partial charge in [0.05, 0.1) is 5.75 Å². The third-order valence-corrected chi connectivity index (χ3v) is 5.91. The number of hydrogen-bond donors (Lipinski definition) is 1. The number of benzene rings is 1. The molecular weight excluding hydrogens is 340 g/mol. The van der Waals surface area contributed by atoms with E-state index in [2.05, 4.69) is 35.1 Å². The van der Waals surface area contributed by atoms with E-state index >= 15 is 0 Å². The Labute approximate surface area is 150 Å². The van der Waals surface area contributed by atoms with Crippen molar-refractivity contribution in [2.75, 3.05) is 22.5 Å². The Bertz CT molecular complexity index is 731. The molecule has 126 valence electrons. The summed E-state index contributed by atoms with van der Waals surface area (Å²) in [7, 11) is 0. The Balaban J connectivity index is 1.64. The molecule has 0 aliphatic carbocycles. The lowest BCUT2D eigenvalue weighted by molar-refractivity contribution is -0.116. The monoisotopic (exact) mass is 360 g/mol. The lowest BCUT2D eigenvalue weighted by atomic mass is 9.97. The van der Waals surface area contributed by atoms with Crippen LogP contribution in [0.4, 0.5) is 10.8 Å². The van der Waals surface area contributed by atoms with Crippen LogP contribution < -0.4 is 10.2 Å². The van der Waals surface area contributed by atoms with Crippen LogP contribution in [0.15, 0.2) is 41.3 Å². The summed E-state index contributed by atoms with van der Waals surface area (Å²) >= 11 is 2.90. The maximum Gasteiger partial charge on any atom is 0.237 e. The molecule has 1 aromatic heterocycles. The lowest BCUT2D eigenvalue weighted by Gasteiger charge is -2.35. The van der Waals surface area contributed by atoms with Gasteiger partial charge in [0.1, 0.15) is 0 Å². The van der Waals surface area contributed by atoms with E-state index in [0.717, 1.165) is 28.0 Å². The van der Waals surface area contributed by atoms with E-state index in [0.29, 0.717) is 12.3 Å². The molecule has 1 aromatic carbocycles. The number of carbonyl (C=O) groups excluding carboxylic acids is 1. The summed E-state index contributed by atoms with van der Waals surface area (Å²) in [5.74, 6) is 0.491. The molecule has 0 fully saturated rings. The van der Waals surface area contributed by atoms with Crippen molar-refractivity contribution >= 4 is 39.8 Å². The van der Waals surface area contributed by atoms with Crippen LogP contribution in [0.5, 0.6) is 0 Å². The summed E-state index contributed by atoms with van der Waals surface area (Å²) in [5.41, 5.74) is 2.30. The number of para-hydroxylation sites is 1. The molecule has 2 aromatic rings. The van der Waals surface area contributed by atoms with Gasteiger partial charge in [0.25, 0.3) is 0 Å². The molecule has 0 bridgehead atoms. The van der Waals surface area contributed by atoms with E-state index in [1.54, 1.807) is 6.08 Å². The van der Waals surface area contributed by atoms with Crippen LogP contribution in [0.3, 0.4) is 0 Å². The topological polar surface area (TPSA) is 58.1 Å². The normalized spacial score (nSPS) is 16.5. The number of anilines is 2. The second kappa shape index (κ2) is 7.81. The first-order valence-electron chi connectivity index (χ1n) is 7.90. The average molecular weight is 361 g/mol. The predicted molar refractivity (Wildman–Crippen MR) is 101 cm³/mol. The number of hydrogen-bond acceptors (Lipinski definition) is 6. The zero-order chi connectivity index (χ0) is 16.9. The fraction of sp³-hybridized carbons (Fsp3) is 0.353. The Hall–Kier alpha value is -1.86.